The molecule has 30 heavy (non-hydrogen) atoms. The van der Waals surface area contributed by atoms with Gasteiger partial charge in [-0.1, -0.05) is 30.3 Å². The monoisotopic (exact) mass is 404 g/mol. The number of nitrogens with zero attached hydrogens (tertiary/aromatic N) is 3. The number of carbonyl (C=O) groups is 1. The van der Waals surface area contributed by atoms with E-state index in [1.54, 1.807) is 30.5 Å². The Bertz CT molecular complexity index is 1050. The smallest absolute Gasteiger partial charge is 0.254 e. The van der Waals surface area contributed by atoms with E-state index in [1.165, 1.54) is 12.3 Å². The van der Waals surface area contributed by atoms with E-state index in [9.17, 15) is 9.18 Å². The Balaban J connectivity index is 1.44. The number of benzene rings is 2. The number of hydrazone groups is 1. The normalized spacial score (nSPS) is 14.1. The summed E-state index contributed by atoms with van der Waals surface area (Å²) >= 11 is 0. The molecule has 0 spiro atoms. The van der Waals surface area contributed by atoms with E-state index < -0.39 is 0 Å². The number of nitrogens with one attached hydrogen (secondary N) is 1. The van der Waals surface area contributed by atoms with E-state index in [0.717, 1.165) is 11.1 Å². The zero-order valence-corrected chi connectivity index (χ0v) is 16.3. The second-order valence-electron chi connectivity index (χ2n) is 6.81. The zero-order chi connectivity index (χ0) is 20.8. The number of rotatable bonds is 5. The third-order valence-electron chi connectivity index (χ3n) is 4.79. The van der Waals surface area contributed by atoms with Crippen LogP contribution in [-0.2, 0) is 4.74 Å². The van der Waals surface area contributed by atoms with Gasteiger partial charge in [0.05, 0.1) is 19.4 Å². The molecule has 0 bridgehead atoms. The maximum absolute atomic E-state index is 13.6. The lowest BCUT2D eigenvalue weighted by Crippen LogP contribution is -2.40. The molecule has 6 nitrogen and oxygen atoms in total. The number of anilines is 1. The Hall–Kier alpha value is -3.58. The first-order chi connectivity index (χ1) is 14.7. The molecule has 1 aromatic heterocycles. The van der Waals surface area contributed by atoms with Crippen LogP contribution in [0.1, 0.15) is 15.9 Å². The molecule has 1 saturated heterocycles. The van der Waals surface area contributed by atoms with E-state index in [2.05, 4.69) is 15.5 Å². The van der Waals surface area contributed by atoms with Gasteiger partial charge in [0.25, 0.3) is 5.91 Å². The Morgan fingerprint density at radius 3 is 2.67 bits per heavy atom. The molecule has 0 unspecified atom stereocenters. The third-order valence-corrected chi connectivity index (χ3v) is 4.79. The number of pyridine rings is 1. The SMILES string of the molecule is O=C(c1cccc(-c2ccc(N/N=C/c3ccccc3F)nc2)c1)N1CCOCC1. The molecule has 2 heterocycles. The first-order valence-electron chi connectivity index (χ1n) is 9.68. The van der Waals surface area contributed by atoms with Crippen LogP contribution in [0, 0.1) is 5.82 Å². The van der Waals surface area contributed by atoms with Gasteiger partial charge in [0.2, 0.25) is 0 Å². The fourth-order valence-electron chi connectivity index (χ4n) is 3.16. The van der Waals surface area contributed by atoms with Crippen LogP contribution in [0.25, 0.3) is 11.1 Å². The van der Waals surface area contributed by atoms with Crippen molar-refractivity contribution in [3.63, 3.8) is 0 Å². The topological polar surface area (TPSA) is 66.8 Å². The molecule has 2 aromatic carbocycles. The summed E-state index contributed by atoms with van der Waals surface area (Å²) in [4.78, 5) is 18.8. The number of amides is 1. The van der Waals surface area contributed by atoms with Gasteiger partial charge >= 0.3 is 0 Å². The van der Waals surface area contributed by atoms with Gasteiger partial charge in [-0.25, -0.2) is 9.37 Å². The van der Waals surface area contributed by atoms with Gasteiger partial charge in [0.1, 0.15) is 11.6 Å². The molecule has 0 aliphatic carbocycles. The summed E-state index contributed by atoms with van der Waals surface area (Å²) in [5.41, 5.74) is 5.62. The molecule has 0 radical (unpaired) electrons. The second-order valence-corrected chi connectivity index (χ2v) is 6.81. The van der Waals surface area contributed by atoms with Crippen molar-refractivity contribution >= 4 is 17.9 Å². The average Bonchev–Trinajstić information content (AvgIpc) is 2.81. The third kappa shape index (κ3) is 4.69. The highest BCUT2D eigenvalue weighted by molar-refractivity contribution is 5.95. The predicted octanol–water partition coefficient (Wildman–Crippen LogP) is 3.81. The summed E-state index contributed by atoms with van der Waals surface area (Å²) in [5, 5.41) is 4.03. The molecule has 4 rings (SSSR count). The molecule has 1 N–H and O–H groups in total. The van der Waals surface area contributed by atoms with Crippen molar-refractivity contribution in [2.24, 2.45) is 5.10 Å². The highest BCUT2D eigenvalue weighted by atomic mass is 19.1. The Kier molecular flexibility index (Phi) is 6.10. The summed E-state index contributed by atoms with van der Waals surface area (Å²) in [5.74, 6) is 0.207. The van der Waals surface area contributed by atoms with Crippen molar-refractivity contribution in [1.29, 1.82) is 0 Å². The average molecular weight is 404 g/mol. The van der Waals surface area contributed by atoms with E-state index in [0.29, 0.717) is 43.2 Å². The first kappa shape index (κ1) is 19.7. The van der Waals surface area contributed by atoms with Gasteiger partial charge in [-0.2, -0.15) is 5.10 Å². The van der Waals surface area contributed by atoms with Crippen LogP contribution in [0.15, 0.2) is 72.0 Å². The van der Waals surface area contributed by atoms with Gasteiger partial charge in [-0.3, -0.25) is 10.2 Å². The van der Waals surface area contributed by atoms with Crippen LogP contribution in [-0.4, -0.2) is 48.3 Å². The fraction of sp³-hybridized carbons (Fsp3) is 0.174. The Morgan fingerprint density at radius 2 is 1.90 bits per heavy atom. The minimum absolute atomic E-state index is 0.00822. The molecule has 7 heteroatoms. The van der Waals surface area contributed by atoms with Crippen LogP contribution < -0.4 is 5.43 Å². The van der Waals surface area contributed by atoms with Gasteiger partial charge in [0.15, 0.2) is 0 Å². The second kappa shape index (κ2) is 9.28. The number of carbonyl (C=O) groups excluding carboxylic acids is 1. The van der Waals surface area contributed by atoms with E-state index in [4.69, 9.17) is 4.74 Å². The lowest BCUT2D eigenvalue weighted by atomic mass is 10.0. The summed E-state index contributed by atoms with van der Waals surface area (Å²) in [6, 6.07) is 17.6. The molecular weight excluding hydrogens is 383 g/mol. The maximum atomic E-state index is 13.6. The lowest BCUT2D eigenvalue weighted by molar-refractivity contribution is 0.0303. The minimum Gasteiger partial charge on any atom is -0.378 e. The number of ether oxygens (including phenoxy) is 1. The van der Waals surface area contributed by atoms with Gasteiger partial charge in [0, 0.05) is 36.0 Å². The molecule has 1 fully saturated rings. The summed E-state index contributed by atoms with van der Waals surface area (Å²) < 4.78 is 18.9. The number of halogens is 1. The number of aromatic nitrogens is 1. The van der Waals surface area contributed by atoms with Crippen LogP contribution in [0.5, 0.6) is 0 Å². The van der Waals surface area contributed by atoms with Crippen LogP contribution in [0.3, 0.4) is 0 Å². The van der Waals surface area contributed by atoms with Crippen molar-refractivity contribution in [2.75, 3.05) is 31.7 Å². The summed E-state index contributed by atoms with van der Waals surface area (Å²) in [6.45, 7) is 2.36. The van der Waals surface area contributed by atoms with Crippen molar-refractivity contribution in [1.82, 2.24) is 9.88 Å². The fourth-order valence-corrected chi connectivity index (χ4v) is 3.16. The van der Waals surface area contributed by atoms with Crippen molar-refractivity contribution < 1.29 is 13.9 Å². The standard InChI is InChI=1S/C23H21FN4O2/c24-21-7-2-1-4-20(21)16-26-27-22-9-8-19(15-25-22)17-5-3-6-18(14-17)23(29)28-10-12-30-13-11-28/h1-9,14-16H,10-13H2,(H,25,27)/b26-16+. The van der Waals surface area contributed by atoms with Gasteiger partial charge < -0.3 is 9.64 Å². The molecule has 152 valence electrons. The van der Waals surface area contributed by atoms with Crippen LogP contribution in [0.4, 0.5) is 10.2 Å². The molecule has 0 atom stereocenters. The Labute approximate surface area is 174 Å². The molecule has 1 aliphatic rings. The van der Waals surface area contributed by atoms with E-state index in [1.807, 2.05) is 35.2 Å². The highest BCUT2D eigenvalue weighted by Gasteiger charge is 2.18. The van der Waals surface area contributed by atoms with Crippen molar-refractivity contribution in [3.05, 3.63) is 83.8 Å². The van der Waals surface area contributed by atoms with E-state index >= 15 is 0 Å². The van der Waals surface area contributed by atoms with Gasteiger partial charge in [-0.05, 0) is 35.9 Å². The molecule has 1 aliphatic heterocycles. The quantitative estimate of drug-likeness (QED) is 0.519. The zero-order valence-electron chi connectivity index (χ0n) is 16.3. The summed E-state index contributed by atoms with van der Waals surface area (Å²) in [7, 11) is 0. The minimum atomic E-state index is -0.335. The van der Waals surface area contributed by atoms with Gasteiger partial charge in [-0.15, -0.1) is 0 Å². The predicted molar refractivity (Wildman–Crippen MR) is 114 cm³/mol. The number of morpholine rings is 1. The molecule has 3 aromatic rings. The number of hydrogen-bond acceptors (Lipinski definition) is 5. The summed E-state index contributed by atoms with van der Waals surface area (Å²) in [6.07, 6.45) is 3.12. The first-order valence-corrected chi connectivity index (χ1v) is 9.68. The number of hydrogen-bond donors (Lipinski definition) is 1. The highest BCUT2D eigenvalue weighted by Crippen LogP contribution is 2.22. The van der Waals surface area contributed by atoms with Crippen molar-refractivity contribution in [2.45, 2.75) is 0 Å². The molecule has 1 amide bonds. The van der Waals surface area contributed by atoms with Crippen molar-refractivity contribution in [3.8, 4) is 11.1 Å². The lowest BCUT2D eigenvalue weighted by Gasteiger charge is -2.27. The largest absolute Gasteiger partial charge is 0.378 e. The molecular formula is C23H21FN4O2. The van der Waals surface area contributed by atoms with Crippen LogP contribution >= 0.6 is 0 Å². The Morgan fingerprint density at radius 1 is 1.07 bits per heavy atom. The van der Waals surface area contributed by atoms with E-state index in [-0.39, 0.29) is 11.7 Å². The van der Waals surface area contributed by atoms with Crippen LogP contribution in [0.2, 0.25) is 0 Å². The molecule has 0 saturated carbocycles. The maximum Gasteiger partial charge on any atom is 0.254 e.